The molecular formula is C18H20N2. The van der Waals surface area contributed by atoms with Crippen LogP contribution in [0.5, 0.6) is 0 Å². The van der Waals surface area contributed by atoms with Crippen molar-refractivity contribution >= 4 is 10.9 Å². The summed E-state index contributed by atoms with van der Waals surface area (Å²) >= 11 is 0. The first-order valence-corrected chi connectivity index (χ1v) is 7.15. The number of hydrogen-bond donors (Lipinski definition) is 2. The van der Waals surface area contributed by atoms with Crippen LogP contribution in [-0.2, 0) is 0 Å². The Morgan fingerprint density at radius 1 is 1.00 bits per heavy atom. The van der Waals surface area contributed by atoms with E-state index in [1.54, 1.807) is 0 Å². The first kappa shape index (κ1) is 12.9. The maximum atomic E-state index is 3.26. The lowest BCUT2D eigenvalue weighted by Gasteiger charge is -2.18. The topological polar surface area (TPSA) is 27.8 Å². The van der Waals surface area contributed by atoms with Crippen LogP contribution in [0.25, 0.3) is 10.9 Å². The molecule has 0 amide bonds. The predicted molar refractivity (Wildman–Crippen MR) is 85.1 cm³/mol. The van der Waals surface area contributed by atoms with Gasteiger partial charge in [0.05, 0.1) is 0 Å². The molecule has 0 aliphatic rings. The van der Waals surface area contributed by atoms with E-state index in [0.717, 1.165) is 13.0 Å². The van der Waals surface area contributed by atoms with Gasteiger partial charge >= 0.3 is 0 Å². The third-order valence-electron chi connectivity index (χ3n) is 3.86. The van der Waals surface area contributed by atoms with E-state index >= 15 is 0 Å². The van der Waals surface area contributed by atoms with Crippen molar-refractivity contribution < 1.29 is 0 Å². The van der Waals surface area contributed by atoms with Gasteiger partial charge in [0.15, 0.2) is 0 Å². The van der Waals surface area contributed by atoms with Gasteiger partial charge in [-0.05, 0) is 54.7 Å². The number of aromatic amines is 1. The summed E-state index contributed by atoms with van der Waals surface area (Å²) in [5.74, 6) is 0.447. The molecule has 102 valence electrons. The van der Waals surface area contributed by atoms with Crippen molar-refractivity contribution in [1.82, 2.24) is 10.3 Å². The van der Waals surface area contributed by atoms with Gasteiger partial charge in [0, 0.05) is 17.6 Å². The third-order valence-corrected chi connectivity index (χ3v) is 3.86. The highest BCUT2D eigenvalue weighted by Gasteiger charge is 2.14. The Hall–Kier alpha value is -2.06. The van der Waals surface area contributed by atoms with Crippen LogP contribution in [0.3, 0.4) is 0 Å². The second-order valence-corrected chi connectivity index (χ2v) is 5.18. The number of hydrogen-bond acceptors (Lipinski definition) is 1. The molecule has 2 N–H and O–H groups in total. The summed E-state index contributed by atoms with van der Waals surface area (Å²) < 4.78 is 0. The Kier molecular flexibility index (Phi) is 3.84. The number of fused-ring (bicyclic) bond motifs is 1. The maximum Gasteiger partial charge on any atom is 0.0454 e. The van der Waals surface area contributed by atoms with Crippen molar-refractivity contribution in [3.8, 4) is 0 Å². The van der Waals surface area contributed by atoms with Gasteiger partial charge in [-0.3, -0.25) is 0 Å². The van der Waals surface area contributed by atoms with Gasteiger partial charge in [-0.1, -0.05) is 36.4 Å². The standard InChI is InChI=1S/C18H20N2/c1-19-11-10-17(14-5-3-2-4-6-14)15-7-8-18-16(13-15)9-12-20-18/h2-9,12-13,17,19-20H,10-11H2,1H3/t17-/m1/s1. The van der Waals surface area contributed by atoms with Crippen molar-refractivity contribution in [3.63, 3.8) is 0 Å². The second-order valence-electron chi connectivity index (χ2n) is 5.18. The summed E-state index contributed by atoms with van der Waals surface area (Å²) in [7, 11) is 2.01. The second kappa shape index (κ2) is 5.93. The molecule has 0 saturated heterocycles. The zero-order valence-corrected chi connectivity index (χ0v) is 11.8. The summed E-state index contributed by atoms with van der Waals surface area (Å²) in [5.41, 5.74) is 3.98. The highest BCUT2D eigenvalue weighted by molar-refractivity contribution is 5.80. The number of H-pyrrole nitrogens is 1. The zero-order valence-electron chi connectivity index (χ0n) is 11.8. The lowest BCUT2D eigenvalue weighted by Crippen LogP contribution is -2.13. The molecule has 0 radical (unpaired) electrons. The van der Waals surface area contributed by atoms with Gasteiger partial charge in [-0.15, -0.1) is 0 Å². The SMILES string of the molecule is CNCC[C@H](c1ccccc1)c1ccc2[nH]ccc2c1. The van der Waals surface area contributed by atoms with Crippen molar-refractivity contribution in [2.45, 2.75) is 12.3 Å². The van der Waals surface area contributed by atoms with E-state index in [-0.39, 0.29) is 0 Å². The lowest BCUT2D eigenvalue weighted by molar-refractivity contribution is 0.662. The van der Waals surface area contributed by atoms with E-state index in [1.807, 2.05) is 13.2 Å². The number of rotatable bonds is 5. The van der Waals surface area contributed by atoms with Crippen molar-refractivity contribution in [1.29, 1.82) is 0 Å². The summed E-state index contributed by atoms with van der Waals surface area (Å²) in [4.78, 5) is 3.26. The molecule has 3 aromatic rings. The quantitative estimate of drug-likeness (QED) is 0.718. The number of benzene rings is 2. The maximum absolute atomic E-state index is 3.26. The molecule has 1 aromatic heterocycles. The first-order chi connectivity index (χ1) is 9.88. The summed E-state index contributed by atoms with van der Waals surface area (Å²) in [6, 6.07) is 19.6. The Morgan fingerprint density at radius 3 is 2.65 bits per heavy atom. The largest absolute Gasteiger partial charge is 0.361 e. The summed E-state index contributed by atoms with van der Waals surface area (Å²) in [5, 5.41) is 4.55. The monoisotopic (exact) mass is 264 g/mol. The minimum atomic E-state index is 0.447. The molecule has 2 heteroatoms. The molecule has 0 aliphatic heterocycles. The molecule has 0 saturated carbocycles. The van der Waals surface area contributed by atoms with Gasteiger partial charge in [0.25, 0.3) is 0 Å². The minimum absolute atomic E-state index is 0.447. The molecule has 3 rings (SSSR count). The van der Waals surface area contributed by atoms with Crippen LogP contribution < -0.4 is 5.32 Å². The molecule has 0 unspecified atom stereocenters. The van der Waals surface area contributed by atoms with E-state index in [4.69, 9.17) is 0 Å². The molecule has 0 bridgehead atoms. The van der Waals surface area contributed by atoms with Crippen molar-refractivity contribution in [2.75, 3.05) is 13.6 Å². The normalized spacial score (nSPS) is 12.7. The predicted octanol–water partition coefficient (Wildman–Crippen LogP) is 3.91. The molecule has 2 aromatic carbocycles. The Labute approximate surface area is 119 Å². The zero-order chi connectivity index (χ0) is 13.8. The fourth-order valence-corrected chi connectivity index (χ4v) is 2.79. The van der Waals surface area contributed by atoms with Gasteiger partial charge in [-0.2, -0.15) is 0 Å². The average molecular weight is 264 g/mol. The minimum Gasteiger partial charge on any atom is -0.361 e. The van der Waals surface area contributed by atoms with E-state index < -0.39 is 0 Å². The smallest absolute Gasteiger partial charge is 0.0454 e. The van der Waals surface area contributed by atoms with Crippen LogP contribution in [0.1, 0.15) is 23.5 Å². The summed E-state index contributed by atoms with van der Waals surface area (Å²) in [6.45, 7) is 1.02. The van der Waals surface area contributed by atoms with Crippen LogP contribution in [0.4, 0.5) is 0 Å². The average Bonchev–Trinajstić information content (AvgIpc) is 2.96. The van der Waals surface area contributed by atoms with Crippen LogP contribution in [-0.4, -0.2) is 18.6 Å². The first-order valence-electron chi connectivity index (χ1n) is 7.15. The van der Waals surface area contributed by atoms with Gasteiger partial charge in [0.1, 0.15) is 0 Å². The van der Waals surface area contributed by atoms with Gasteiger partial charge < -0.3 is 10.3 Å². The molecule has 0 aliphatic carbocycles. The van der Waals surface area contributed by atoms with Crippen LogP contribution in [0, 0.1) is 0 Å². The Morgan fingerprint density at radius 2 is 1.85 bits per heavy atom. The third kappa shape index (κ3) is 2.61. The Bertz CT molecular complexity index is 670. The molecule has 1 heterocycles. The van der Waals surface area contributed by atoms with Crippen molar-refractivity contribution in [3.05, 3.63) is 71.9 Å². The van der Waals surface area contributed by atoms with Gasteiger partial charge in [0.2, 0.25) is 0 Å². The molecule has 2 nitrogen and oxygen atoms in total. The summed E-state index contributed by atoms with van der Waals surface area (Å²) in [6.07, 6.45) is 3.11. The van der Waals surface area contributed by atoms with E-state index in [0.29, 0.717) is 5.92 Å². The molecule has 0 spiro atoms. The molecule has 0 fully saturated rings. The van der Waals surface area contributed by atoms with E-state index in [2.05, 4.69) is 64.9 Å². The van der Waals surface area contributed by atoms with Crippen LogP contribution in [0.2, 0.25) is 0 Å². The van der Waals surface area contributed by atoms with Crippen LogP contribution in [0.15, 0.2) is 60.8 Å². The lowest BCUT2D eigenvalue weighted by atomic mass is 9.88. The number of aromatic nitrogens is 1. The van der Waals surface area contributed by atoms with Crippen molar-refractivity contribution in [2.24, 2.45) is 0 Å². The Balaban J connectivity index is 1.99. The highest BCUT2D eigenvalue weighted by Crippen LogP contribution is 2.29. The van der Waals surface area contributed by atoms with Gasteiger partial charge in [-0.25, -0.2) is 0 Å². The molecule has 20 heavy (non-hydrogen) atoms. The molecule has 1 atom stereocenters. The van der Waals surface area contributed by atoms with Crippen LogP contribution >= 0.6 is 0 Å². The van der Waals surface area contributed by atoms with E-state index in [1.165, 1.54) is 22.0 Å². The van der Waals surface area contributed by atoms with E-state index in [9.17, 15) is 0 Å². The molecular weight excluding hydrogens is 244 g/mol. The number of nitrogens with one attached hydrogen (secondary N) is 2. The fraction of sp³-hybridized carbons (Fsp3) is 0.222. The highest BCUT2D eigenvalue weighted by atomic mass is 14.8. The fourth-order valence-electron chi connectivity index (χ4n) is 2.79.